The molecule has 0 aromatic rings. The molecule has 0 unspecified atom stereocenters. The van der Waals surface area contributed by atoms with Gasteiger partial charge in [0.1, 0.15) is 0 Å². The van der Waals surface area contributed by atoms with Crippen molar-refractivity contribution in [1.29, 1.82) is 0 Å². The van der Waals surface area contributed by atoms with Crippen molar-refractivity contribution in [3.63, 3.8) is 0 Å². The van der Waals surface area contributed by atoms with Crippen molar-refractivity contribution in [3.05, 3.63) is 0 Å². The van der Waals surface area contributed by atoms with Crippen LogP contribution in [-0.4, -0.2) is 5.12 Å². The van der Waals surface area contributed by atoms with Crippen molar-refractivity contribution in [2.75, 3.05) is 0 Å². The zero-order valence-corrected chi connectivity index (χ0v) is 4.52. The van der Waals surface area contributed by atoms with Gasteiger partial charge in [0.15, 0.2) is 0 Å². The molecule has 2 rings (SSSR count). The van der Waals surface area contributed by atoms with Crippen LogP contribution in [0.5, 0.6) is 0 Å². The summed E-state index contributed by atoms with van der Waals surface area (Å²) < 4.78 is 0. The van der Waals surface area contributed by atoms with Gasteiger partial charge in [0.2, 0.25) is 0 Å². The van der Waals surface area contributed by atoms with Crippen LogP contribution in [0.2, 0.25) is 0 Å². The minimum Gasteiger partial charge on any atom is -0.140 e. The quantitative estimate of drug-likeness (QED) is 0.368. The van der Waals surface area contributed by atoms with Crippen molar-refractivity contribution in [3.8, 4) is 0 Å². The molecule has 1 fully saturated rings. The van der Waals surface area contributed by atoms with Crippen molar-refractivity contribution in [1.82, 2.24) is 0 Å². The van der Waals surface area contributed by atoms with Crippen molar-refractivity contribution >= 4 is 11.6 Å². The zero-order chi connectivity index (χ0) is 4.91. The third-order valence-corrected chi connectivity index (χ3v) is 1.85. The van der Waals surface area contributed by atoms with Gasteiger partial charge in [-0.2, -0.15) is 0 Å². The van der Waals surface area contributed by atoms with E-state index in [-0.39, 0.29) is 0 Å². The fourth-order valence-electron chi connectivity index (χ4n) is 0.662. The Morgan fingerprint density at radius 3 is 2.14 bits per heavy atom. The fraction of sp³-hybridized carbons (Fsp3) is 1.00. The molecule has 0 bridgehead atoms. The second kappa shape index (κ2) is 0.848. The first-order valence-electron chi connectivity index (χ1n) is 2.44. The lowest BCUT2D eigenvalue weighted by Crippen LogP contribution is -2.00. The summed E-state index contributed by atoms with van der Waals surface area (Å²) in [5.41, 5.74) is 0. The van der Waals surface area contributed by atoms with Gasteiger partial charge in [-0.1, -0.05) is 11.6 Å². The van der Waals surface area contributed by atoms with Crippen LogP contribution in [0.15, 0.2) is 10.2 Å². The Bertz CT molecular complexity index is 122. The molecule has 0 atom stereocenters. The standard InChI is InChI=1S/C4H5ClN2/c5-4(6-7-4)3-1-2-3/h3H,1-2H2. The van der Waals surface area contributed by atoms with E-state index in [1.165, 1.54) is 12.8 Å². The minimum absolute atomic E-state index is 0.417. The third kappa shape index (κ3) is 0.462. The molecular weight excluding hydrogens is 112 g/mol. The maximum Gasteiger partial charge on any atom is 0.266 e. The van der Waals surface area contributed by atoms with Crippen LogP contribution >= 0.6 is 11.6 Å². The number of nitrogens with zero attached hydrogens (tertiary/aromatic N) is 2. The number of alkyl halides is 1. The van der Waals surface area contributed by atoms with Crippen LogP contribution in [0.3, 0.4) is 0 Å². The van der Waals surface area contributed by atoms with Crippen LogP contribution in [0.4, 0.5) is 0 Å². The molecule has 0 N–H and O–H groups in total. The minimum atomic E-state index is -0.417. The van der Waals surface area contributed by atoms with E-state index in [9.17, 15) is 0 Å². The molecular formula is C4H5ClN2. The normalized spacial score (nSPS) is 33.3. The van der Waals surface area contributed by atoms with E-state index in [4.69, 9.17) is 11.6 Å². The summed E-state index contributed by atoms with van der Waals surface area (Å²) in [6.07, 6.45) is 2.44. The molecule has 2 aliphatic rings. The summed E-state index contributed by atoms with van der Waals surface area (Å²) in [4.78, 5) is 0. The topological polar surface area (TPSA) is 24.7 Å². The SMILES string of the molecule is ClC1(C2CC2)N=N1. The Hall–Kier alpha value is -0.110. The second-order valence-electron chi connectivity index (χ2n) is 2.11. The Morgan fingerprint density at radius 1 is 1.43 bits per heavy atom. The lowest BCUT2D eigenvalue weighted by Gasteiger charge is -1.90. The summed E-state index contributed by atoms with van der Waals surface area (Å²) in [5, 5.41) is 6.96. The summed E-state index contributed by atoms with van der Waals surface area (Å²) in [6, 6.07) is 0. The zero-order valence-electron chi connectivity index (χ0n) is 3.76. The first-order chi connectivity index (χ1) is 3.31. The van der Waals surface area contributed by atoms with E-state index in [1.807, 2.05) is 0 Å². The molecule has 0 spiro atoms. The average Bonchev–Trinajstić information content (AvgIpc) is 2.14. The molecule has 0 aromatic carbocycles. The largest absolute Gasteiger partial charge is 0.266 e. The highest BCUT2D eigenvalue weighted by Crippen LogP contribution is 2.52. The lowest BCUT2D eigenvalue weighted by molar-refractivity contribution is 0.714. The smallest absolute Gasteiger partial charge is 0.140 e. The van der Waals surface area contributed by atoms with Crippen LogP contribution in [0.25, 0.3) is 0 Å². The molecule has 3 heteroatoms. The van der Waals surface area contributed by atoms with Crippen LogP contribution in [0.1, 0.15) is 12.8 Å². The van der Waals surface area contributed by atoms with Gasteiger partial charge >= 0.3 is 0 Å². The van der Waals surface area contributed by atoms with Crippen LogP contribution in [-0.2, 0) is 0 Å². The first kappa shape index (κ1) is 3.84. The highest BCUT2D eigenvalue weighted by atomic mass is 35.5. The van der Waals surface area contributed by atoms with E-state index in [0.29, 0.717) is 5.92 Å². The van der Waals surface area contributed by atoms with E-state index < -0.39 is 5.12 Å². The fourth-order valence-corrected chi connectivity index (χ4v) is 0.918. The number of hydrogen-bond acceptors (Lipinski definition) is 2. The van der Waals surface area contributed by atoms with Crippen molar-refractivity contribution in [2.45, 2.75) is 18.0 Å². The molecule has 0 amide bonds. The Balaban J connectivity index is 2.06. The molecule has 2 nitrogen and oxygen atoms in total. The van der Waals surface area contributed by atoms with Gasteiger partial charge in [-0.3, -0.25) is 0 Å². The van der Waals surface area contributed by atoms with Crippen molar-refractivity contribution < 1.29 is 0 Å². The maximum atomic E-state index is 5.71. The average molecular weight is 117 g/mol. The van der Waals surface area contributed by atoms with Crippen LogP contribution in [0, 0.1) is 5.92 Å². The predicted molar refractivity (Wildman–Crippen MR) is 26.2 cm³/mol. The van der Waals surface area contributed by atoms with E-state index in [0.717, 1.165) is 0 Å². The van der Waals surface area contributed by atoms with E-state index in [1.54, 1.807) is 0 Å². The maximum absolute atomic E-state index is 5.71. The Kier molecular flexibility index (Phi) is 0.465. The molecule has 1 aliphatic heterocycles. The van der Waals surface area contributed by atoms with Gasteiger partial charge in [-0.05, 0) is 12.8 Å². The summed E-state index contributed by atoms with van der Waals surface area (Å²) in [5.74, 6) is 0.592. The summed E-state index contributed by atoms with van der Waals surface area (Å²) >= 11 is 5.71. The second-order valence-corrected chi connectivity index (χ2v) is 2.67. The molecule has 1 heterocycles. The highest BCUT2D eigenvalue weighted by molar-refractivity contribution is 6.25. The Morgan fingerprint density at radius 2 is 2.00 bits per heavy atom. The lowest BCUT2D eigenvalue weighted by atomic mass is 10.4. The molecule has 1 aliphatic carbocycles. The van der Waals surface area contributed by atoms with Gasteiger partial charge < -0.3 is 0 Å². The van der Waals surface area contributed by atoms with Gasteiger partial charge in [0.05, 0.1) is 0 Å². The predicted octanol–water partition coefficient (Wildman–Crippen LogP) is 1.75. The molecule has 7 heavy (non-hydrogen) atoms. The van der Waals surface area contributed by atoms with E-state index in [2.05, 4.69) is 10.2 Å². The van der Waals surface area contributed by atoms with Gasteiger partial charge in [-0.25, -0.2) is 0 Å². The number of halogens is 1. The number of hydrogen-bond donors (Lipinski definition) is 0. The first-order valence-corrected chi connectivity index (χ1v) is 2.82. The number of rotatable bonds is 1. The molecule has 38 valence electrons. The molecule has 1 saturated carbocycles. The van der Waals surface area contributed by atoms with Gasteiger partial charge in [0.25, 0.3) is 5.12 Å². The third-order valence-electron chi connectivity index (χ3n) is 1.39. The monoisotopic (exact) mass is 116 g/mol. The van der Waals surface area contributed by atoms with E-state index >= 15 is 0 Å². The highest BCUT2D eigenvalue weighted by Gasteiger charge is 2.51. The van der Waals surface area contributed by atoms with Crippen LogP contribution < -0.4 is 0 Å². The molecule has 0 aromatic heterocycles. The summed E-state index contributed by atoms with van der Waals surface area (Å²) in [6.45, 7) is 0. The van der Waals surface area contributed by atoms with Gasteiger partial charge in [0, 0.05) is 5.92 Å². The van der Waals surface area contributed by atoms with Crippen molar-refractivity contribution in [2.24, 2.45) is 16.1 Å². The molecule has 0 radical (unpaired) electrons. The van der Waals surface area contributed by atoms with Gasteiger partial charge in [-0.15, -0.1) is 10.2 Å². The molecule has 0 saturated heterocycles. The summed E-state index contributed by atoms with van der Waals surface area (Å²) in [7, 11) is 0. The Labute approximate surface area is 46.6 Å².